The van der Waals surface area contributed by atoms with Crippen molar-refractivity contribution in [2.45, 2.75) is 50.7 Å². The first kappa shape index (κ1) is 16.9. The van der Waals surface area contributed by atoms with Gasteiger partial charge in [-0.2, -0.15) is 0 Å². The van der Waals surface area contributed by atoms with Crippen LogP contribution in [-0.4, -0.2) is 31.6 Å². The Balaban J connectivity index is 1.45. The van der Waals surface area contributed by atoms with Gasteiger partial charge in [0.15, 0.2) is 5.82 Å². The largest absolute Gasteiger partial charge is 0.292 e. The minimum Gasteiger partial charge on any atom is -0.292 e. The molecule has 1 heterocycles. The van der Waals surface area contributed by atoms with Crippen LogP contribution in [-0.2, 0) is 13.1 Å². The zero-order chi connectivity index (χ0) is 17.6. The van der Waals surface area contributed by atoms with Gasteiger partial charge in [-0.15, -0.1) is 5.10 Å². The number of rotatable bonds is 6. The third-order valence-electron chi connectivity index (χ3n) is 5.42. The molecule has 5 nitrogen and oxygen atoms in total. The SMILES string of the molecule is c1ccc(CN(Cc2ccccc2)C2CCC(c3nnn[nH]3)CC2)cc1. The van der Waals surface area contributed by atoms with Crippen molar-refractivity contribution < 1.29 is 0 Å². The van der Waals surface area contributed by atoms with E-state index in [2.05, 4.69) is 86.2 Å². The molecule has 2 aromatic carbocycles. The van der Waals surface area contributed by atoms with Crippen LogP contribution in [0.1, 0.15) is 48.6 Å². The lowest BCUT2D eigenvalue weighted by Gasteiger charge is -2.36. The molecule has 0 atom stereocenters. The first-order chi connectivity index (χ1) is 12.9. The Kier molecular flexibility index (Phi) is 5.36. The Morgan fingerprint density at radius 1 is 0.808 bits per heavy atom. The second-order valence-electron chi connectivity index (χ2n) is 7.17. The molecule has 1 fully saturated rings. The average molecular weight is 347 g/mol. The molecule has 0 radical (unpaired) electrons. The fraction of sp³-hybridized carbons (Fsp3) is 0.381. The Morgan fingerprint density at radius 3 is 1.88 bits per heavy atom. The maximum atomic E-state index is 4.12. The minimum atomic E-state index is 0.469. The van der Waals surface area contributed by atoms with Gasteiger partial charge in [-0.3, -0.25) is 4.90 Å². The van der Waals surface area contributed by atoms with Crippen LogP contribution in [0.4, 0.5) is 0 Å². The van der Waals surface area contributed by atoms with Gasteiger partial charge in [-0.1, -0.05) is 60.7 Å². The monoisotopic (exact) mass is 347 g/mol. The standard InChI is InChI=1S/C21H25N5/c1-3-7-17(8-4-1)15-26(16-18-9-5-2-6-10-18)20-13-11-19(12-14-20)21-22-24-25-23-21/h1-10,19-20H,11-16H2,(H,22,23,24,25). The number of tetrazole rings is 1. The highest BCUT2D eigenvalue weighted by Gasteiger charge is 2.28. The predicted octanol–water partition coefficient (Wildman–Crippen LogP) is 3.93. The number of hydrogen-bond acceptors (Lipinski definition) is 4. The van der Waals surface area contributed by atoms with Crippen molar-refractivity contribution in [1.82, 2.24) is 25.5 Å². The van der Waals surface area contributed by atoms with E-state index in [1.807, 2.05) is 0 Å². The second-order valence-corrected chi connectivity index (χ2v) is 7.17. The summed E-state index contributed by atoms with van der Waals surface area (Å²) < 4.78 is 0. The first-order valence-electron chi connectivity index (χ1n) is 9.44. The molecule has 1 aliphatic rings. The van der Waals surface area contributed by atoms with E-state index in [1.54, 1.807) is 0 Å². The highest BCUT2D eigenvalue weighted by atomic mass is 15.5. The molecule has 0 aliphatic heterocycles. The van der Waals surface area contributed by atoms with Crippen LogP contribution in [0, 0.1) is 0 Å². The summed E-state index contributed by atoms with van der Waals surface area (Å²) in [4.78, 5) is 2.64. The smallest absolute Gasteiger partial charge is 0.151 e. The van der Waals surface area contributed by atoms with Gasteiger partial charge in [0.2, 0.25) is 0 Å². The van der Waals surface area contributed by atoms with E-state index in [0.29, 0.717) is 12.0 Å². The van der Waals surface area contributed by atoms with E-state index in [9.17, 15) is 0 Å². The van der Waals surface area contributed by atoms with Gasteiger partial charge in [-0.25, -0.2) is 5.10 Å². The van der Waals surface area contributed by atoms with Crippen molar-refractivity contribution in [2.24, 2.45) is 0 Å². The molecule has 134 valence electrons. The normalized spacial score (nSPS) is 20.3. The van der Waals surface area contributed by atoms with Crippen LogP contribution in [0.25, 0.3) is 0 Å². The van der Waals surface area contributed by atoms with E-state index < -0.39 is 0 Å². The summed E-state index contributed by atoms with van der Waals surface area (Å²) in [7, 11) is 0. The molecule has 1 saturated carbocycles. The number of H-pyrrole nitrogens is 1. The van der Waals surface area contributed by atoms with Crippen LogP contribution >= 0.6 is 0 Å². The van der Waals surface area contributed by atoms with Crippen LogP contribution < -0.4 is 0 Å². The summed E-state index contributed by atoms with van der Waals surface area (Å²) >= 11 is 0. The summed E-state index contributed by atoms with van der Waals surface area (Å²) in [5.74, 6) is 1.41. The van der Waals surface area contributed by atoms with Gasteiger partial charge in [-0.05, 0) is 47.2 Å². The maximum absolute atomic E-state index is 4.12. The summed E-state index contributed by atoms with van der Waals surface area (Å²) in [5.41, 5.74) is 2.76. The van der Waals surface area contributed by atoms with E-state index in [-0.39, 0.29) is 0 Å². The van der Waals surface area contributed by atoms with E-state index in [1.165, 1.54) is 24.0 Å². The van der Waals surface area contributed by atoms with Gasteiger partial charge >= 0.3 is 0 Å². The first-order valence-corrected chi connectivity index (χ1v) is 9.44. The van der Waals surface area contributed by atoms with E-state index in [0.717, 1.165) is 31.8 Å². The van der Waals surface area contributed by atoms with Crippen molar-refractivity contribution in [3.63, 3.8) is 0 Å². The molecule has 1 aromatic heterocycles. The van der Waals surface area contributed by atoms with Crippen LogP contribution in [0.2, 0.25) is 0 Å². The zero-order valence-electron chi connectivity index (χ0n) is 15.0. The third kappa shape index (κ3) is 4.17. The van der Waals surface area contributed by atoms with Crippen molar-refractivity contribution >= 4 is 0 Å². The quantitative estimate of drug-likeness (QED) is 0.734. The Labute approximate surface area is 154 Å². The van der Waals surface area contributed by atoms with Crippen LogP contribution in [0.5, 0.6) is 0 Å². The molecule has 0 bridgehead atoms. The Bertz CT molecular complexity index is 723. The number of benzene rings is 2. The van der Waals surface area contributed by atoms with Crippen molar-refractivity contribution in [3.05, 3.63) is 77.6 Å². The summed E-state index contributed by atoms with van der Waals surface area (Å²) in [5, 5.41) is 14.5. The fourth-order valence-electron chi connectivity index (χ4n) is 4.00. The van der Waals surface area contributed by atoms with Gasteiger partial charge in [0.25, 0.3) is 0 Å². The molecular formula is C21H25N5. The number of aromatic nitrogens is 4. The number of aromatic amines is 1. The molecule has 0 unspecified atom stereocenters. The molecule has 3 aromatic rings. The molecule has 0 saturated heterocycles. The number of nitrogens with one attached hydrogen (secondary N) is 1. The lowest BCUT2D eigenvalue weighted by Crippen LogP contribution is -2.37. The van der Waals surface area contributed by atoms with Crippen molar-refractivity contribution in [1.29, 1.82) is 0 Å². The molecule has 1 aliphatic carbocycles. The van der Waals surface area contributed by atoms with E-state index >= 15 is 0 Å². The molecule has 0 spiro atoms. The molecule has 1 N–H and O–H groups in total. The maximum Gasteiger partial charge on any atom is 0.151 e. The molecule has 5 heteroatoms. The average Bonchev–Trinajstić information content (AvgIpc) is 3.24. The Hall–Kier alpha value is -2.53. The van der Waals surface area contributed by atoms with Gasteiger partial charge in [0.05, 0.1) is 0 Å². The van der Waals surface area contributed by atoms with Crippen molar-refractivity contribution in [2.75, 3.05) is 0 Å². The third-order valence-corrected chi connectivity index (χ3v) is 5.42. The summed E-state index contributed by atoms with van der Waals surface area (Å²) in [6, 6.07) is 22.2. The zero-order valence-corrected chi connectivity index (χ0v) is 15.0. The van der Waals surface area contributed by atoms with Crippen LogP contribution in [0.15, 0.2) is 60.7 Å². The number of hydrogen-bond donors (Lipinski definition) is 1. The molecular weight excluding hydrogens is 322 g/mol. The van der Waals surface area contributed by atoms with E-state index in [4.69, 9.17) is 0 Å². The van der Waals surface area contributed by atoms with Gasteiger partial charge in [0.1, 0.15) is 0 Å². The predicted molar refractivity (Wildman–Crippen MR) is 101 cm³/mol. The van der Waals surface area contributed by atoms with Crippen LogP contribution in [0.3, 0.4) is 0 Å². The highest BCUT2D eigenvalue weighted by molar-refractivity contribution is 5.17. The van der Waals surface area contributed by atoms with Gasteiger partial charge in [0, 0.05) is 25.0 Å². The fourth-order valence-corrected chi connectivity index (χ4v) is 4.00. The minimum absolute atomic E-state index is 0.469. The Morgan fingerprint density at radius 2 is 1.38 bits per heavy atom. The van der Waals surface area contributed by atoms with Gasteiger partial charge < -0.3 is 0 Å². The summed E-state index contributed by atoms with van der Waals surface area (Å²) in [6.07, 6.45) is 4.65. The van der Waals surface area contributed by atoms with Crippen molar-refractivity contribution in [3.8, 4) is 0 Å². The molecule has 26 heavy (non-hydrogen) atoms. The number of nitrogens with zero attached hydrogens (tertiary/aromatic N) is 4. The second kappa shape index (κ2) is 8.23. The lowest BCUT2D eigenvalue weighted by molar-refractivity contribution is 0.132. The highest BCUT2D eigenvalue weighted by Crippen LogP contribution is 2.34. The topological polar surface area (TPSA) is 57.7 Å². The molecule has 4 rings (SSSR count). The lowest BCUT2D eigenvalue weighted by atomic mass is 9.84. The summed E-state index contributed by atoms with van der Waals surface area (Å²) in [6.45, 7) is 1.99. The molecule has 0 amide bonds.